The van der Waals surface area contributed by atoms with Crippen LogP contribution in [0, 0.1) is 28.4 Å². The van der Waals surface area contributed by atoms with E-state index in [1.54, 1.807) is 11.6 Å². The third-order valence-electron chi connectivity index (χ3n) is 5.26. The highest BCUT2D eigenvalue weighted by Gasteiger charge is 2.18. The Hall–Kier alpha value is -4.72. The monoisotopic (exact) mass is 461 g/mol. The molecule has 2 heterocycles. The number of fused-ring (bicyclic) bond motifs is 1. The SMILES string of the molecule is Cc1nn(-c2ccccc2)c(COC(=O)CCCn2c(=O)oc3cc([N+](=O)[O-])ccc32)c1C#N. The van der Waals surface area contributed by atoms with E-state index in [9.17, 15) is 25.0 Å². The molecule has 0 amide bonds. The van der Waals surface area contributed by atoms with E-state index in [0.717, 1.165) is 5.69 Å². The molecule has 0 aliphatic heterocycles. The second-order valence-electron chi connectivity index (χ2n) is 7.46. The van der Waals surface area contributed by atoms with Crippen molar-refractivity contribution in [1.82, 2.24) is 14.3 Å². The van der Waals surface area contributed by atoms with Crippen molar-refractivity contribution in [3.8, 4) is 11.8 Å². The zero-order chi connectivity index (χ0) is 24.2. The molecule has 0 aliphatic rings. The molecule has 0 fully saturated rings. The lowest BCUT2D eigenvalue weighted by Crippen LogP contribution is -2.15. The number of ether oxygens (including phenoxy) is 1. The van der Waals surface area contributed by atoms with Crippen LogP contribution in [0.15, 0.2) is 57.7 Å². The Kier molecular flexibility index (Phi) is 6.22. The van der Waals surface area contributed by atoms with Crippen molar-refractivity contribution in [2.24, 2.45) is 0 Å². The van der Waals surface area contributed by atoms with Crippen LogP contribution in [0.3, 0.4) is 0 Å². The number of nitro groups is 1. The molecule has 0 aliphatic carbocycles. The number of aryl methyl sites for hydroxylation is 2. The van der Waals surface area contributed by atoms with Crippen molar-refractivity contribution in [3.63, 3.8) is 0 Å². The zero-order valence-electron chi connectivity index (χ0n) is 18.1. The molecule has 172 valence electrons. The number of rotatable bonds is 8. The molecule has 4 aromatic rings. The van der Waals surface area contributed by atoms with Gasteiger partial charge in [-0.2, -0.15) is 10.4 Å². The highest BCUT2D eigenvalue weighted by atomic mass is 16.6. The predicted molar refractivity (Wildman–Crippen MR) is 119 cm³/mol. The first-order valence-corrected chi connectivity index (χ1v) is 10.4. The van der Waals surface area contributed by atoms with E-state index in [0.29, 0.717) is 22.5 Å². The maximum absolute atomic E-state index is 12.3. The number of hydrogen-bond donors (Lipinski definition) is 0. The highest BCUT2D eigenvalue weighted by Crippen LogP contribution is 2.21. The Labute approximate surface area is 192 Å². The van der Waals surface area contributed by atoms with Gasteiger partial charge in [-0.1, -0.05) is 18.2 Å². The molecule has 11 heteroatoms. The van der Waals surface area contributed by atoms with Crippen LogP contribution in [0.4, 0.5) is 5.69 Å². The number of carbonyl (C=O) groups is 1. The van der Waals surface area contributed by atoms with Crippen LogP contribution < -0.4 is 5.76 Å². The summed E-state index contributed by atoms with van der Waals surface area (Å²) in [6, 6.07) is 15.2. The summed E-state index contributed by atoms with van der Waals surface area (Å²) in [4.78, 5) is 34.8. The van der Waals surface area contributed by atoms with Gasteiger partial charge >= 0.3 is 11.7 Å². The van der Waals surface area contributed by atoms with E-state index >= 15 is 0 Å². The van der Waals surface area contributed by atoms with Gasteiger partial charge in [0.2, 0.25) is 0 Å². The van der Waals surface area contributed by atoms with Gasteiger partial charge in [0.25, 0.3) is 5.69 Å². The van der Waals surface area contributed by atoms with Gasteiger partial charge in [0.05, 0.1) is 33.6 Å². The molecule has 0 unspecified atom stereocenters. The van der Waals surface area contributed by atoms with Gasteiger partial charge in [0, 0.05) is 19.0 Å². The van der Waals surface area contributed by atoms with Crippen molar-refractivity contribution >= 4 is 22.8 Å². The summed E-state index contributed by atoms with van der Waals surface area (Å²) >= 11 is 0. The number of nitrogens with zero attached hydrogens (tertiary/aromatic N) is 5. The second kappa shape index (κ2) is 9.41. The van der Waals surface area contributed by atoms with Gasteiger partial charge in [-0.15, -0.1) is 0 Å². The Bertz CT molecular complexity index is 1480. The van der Waals surface area contributed by atoms with Crippen LogP contribution >= 0.6 is 0 Å². The first kappa shape index (κ1) is 22.5. The standard InChI is InChI=1S/C23H19N5O6/c1-15-18(13-24)20(27(25-15)16-6-3-2-4-7-16)14-33-22(29)8-5-11-26-19-10-9-17(28(31)32)12-21(19)34-23(26)30/h2-4,6-7,9-10,12H,5,8,11,14H2,1H3. The first-order valence-electron chi connectivity index (χ1n) is 10.4. The van der Waals surface area contributed by atoms with E-state index in [1.807, 2.05) is 30.3 Å². The predicted octanol–water partition coefficient (Wildman–Crippen LogP) is 3.39. The molecule has 0 saturated heterocycles. The fourth-order valence-electron chi connectivity index (χ4n) is 3.62. The minimum atomic E-state index is -0.662. The minimum Gasteiger partial charge on any atom is -0.459 e. The van der Waals surface area contributed by atoms with Gasteiger partial charge < -0.3 is 9.15 Å². The molecule has 0 N–H and O–H groups in total. The molecular weight excluding hydrogens is 442 g/mol. The number of oxazole rings is 1. The third kappa shape index (κ3) is 4.42. The van der Waals surface area contributed by atoms with E-state index in [4.69, 9.17) is 9.15 Å². The summed E-state index contributed by atoms with van der Waals surface area (Å²) in [6.07, 6.45) is 0.304. The molecule has 4 rings (SSSR count). The maximum Gasteiger partial charge on any atom is 0.419 e. The van der Waals surface area contributed by atoms with Gasteiger partial charge in [-0.25, -0.2) is 9.48 Å². The number of esters is 1. The summed E-state index contributed by atoms with van der Waals surface area (Å²) in [5.41, 5.74) is 2.42. The molecule has 11 nitrogen and oxygen atoms in total. The van der Waals surface area contributed by atoms with Crippen LogP contribution in [0.2, 0.25) is 0 Å². The number of non-ortho nitro benzene ring substituents is 1. The topological polar surface area (TPSA) is 146 Å². The minimum absolute atomic E-state index is 0.0203. The van der Waals surface area contributed by atoms with Crippen LogP contribution in [-0.4, -0.2) is 25.2 Å². The molecule has 0 bridgehead atoms. The fourth-order valence-corrected chi connectivity index (χ4v) is 3.62. The average molecular weight is 461 g/mol. The Balaban J connectivity index is 1.41. The maximum atomic E-state index is 12.3. The largest absolute Gasteiger partial charge is 0.459 e. The van der Waals surface area contributed by atoms with Crippen molar-refractivity contribution < 1.29 is 18.9 Å². The Morgan fingerprint density at radius 1 is 1.26 bits per heavy atom. The number of para-hydroxylation sites is 1. The number of benzene rings is 2. The lowest BCUT2D eigenvalue weighted by Gasteiger charge is -2.09. The molecule has 34 heavy (non-hydrogen) atoms. The summed E-state index contributed by atoms with van der Waals surface area (Å²) in [6.45, 7) is 1.75. The number of carbonyl (C=O) groups excluding carboxylic acids is 1. The van der Waals surface area contributed by atoms with Crippen LogP contribution in [0.1, 0.15) is 29.8 Å². The summed E-state index contributed by atoms with van der Waals surface area (Å²) < 4.78 is 13.4. The van der Waals surface area contributed by atoms with E-state index in [1.165, 1.54) is 22.8 Å². The van der Waals surface area contributed by atoms with E-state index in [-0.39, 0.29) is 37.3 Å². The van der Waals surface area contributed by atoms with Gasteiger partial charge in [-0.3, -0.25) is 19.5 Å². The number of nitriles is 1. The van der Waals surface area contributed by atoms with E-state index in [2.05, 4.69) is 11.2 Å². The summed E-state index contributed by atoms with van der Waals surface area (Å²) in [5, 5.41) is 24.8. The van der Waals surface area contributed by atoms with Crippen molar-refractivity contribution in [1.29, 1.82) is 5.26 Å². The molecule has 2 aromatic carbocycles. The first-order chi connectivity index (χ1) is 16.4. The Morgan fingerprint density at radius 3 is 2.74 bits per heavy atom. The quantitative estimate of drug-likeness (QED) is 0.220. The number of nitro benzene ring substituents is 1. The average Bonchev–Trinajstić information content (AvgIpc) is 3.32. The van der Waals surface area contributed by atoms with Gasteiger partial charge in [0.15, 0.2) is 5.58 Å². The third-order valence-corrected chi connectivity index (χ3v) is 5.26. The zero-order valence-corrected chi connectivity index (χ0v) is 18.1. The van der Waals surface area contributed by atoms with Gasteiger partial charge in [-0.05, 0) is 31.5 Å². The molecule has 0 radical (unpaired) electrons. The van der Waals surface area contributed by atoms with Crippen molar-refractivity contribution in [3.05, 3.63) is 86.1 Å². The lowest BCUT2D eigenvalue weighted by molar-refractivity contribution is -0.384. The molecule has 2 aromatic heterocycles. The molecular formula is C23H19N5O6. The van der Waals surface area contributed by atoms with Crippen LogP contribution in [0.5, 0.6) is 0 Å². The number of hydrogen-bond acceptors (Lipinski definition) is 8. The number of aromatic nitrogens is 3. The fraction of sp³-hybridized carbons (Fsp3) is 0.217. The summed E-state index contributed by atoms with van der Waals surface area (Å²) in [5.74, 6) is -1.16. The highest BCUT2D eigenvalue weighted by molar-refractivity contribution is 5.75. The smallest absolute Gasteiger partial charge is 0.419 e. The van der Waals surface area contributed by atoms with Gasteiger partial charge in [0.1, 0.15) is 18.2 Å². The van der Waals surface area contributed by atoms with Crippen LogP contribution in [-0.2, 0) is 22.7 Å². The normalized spacial score (nSPS) is 10.8. The van der Waals surface area contributed by atoms with Crippen molar-refractivity contribution in [2.75, 3.05) is 0 Å². The second-order valence-corrected chi connectivity index (χ2v) is 7.46. The molecule has 0 saturated carbocycles. The van der Waals surface area contributed by atoms with E-state index < -0.39 is 16.6 Å². The Morgan fingerprint density at radius 2 is 2.03 bits per heavy atom. The lowest BCUT2D eigenvalue weighted by atomic mass is 10.2. The molecule has 0 spiro atoms. The molecule has 0 atom stereocenters. The summed E-state index contributed by atoms with van der Waals surface area (Å²) in [7, 11) is 0. The van der Waals surface area contributed by atoms with Crippen LogP contribution in [0.25, 0.3) is 16.8 Å². The van der Waals surface area contributed by atoms with Crippen molar-refractivity contribution in [2.45, 2.75) is 32.9 Å².